The fourth-order valence-corrected chi connectivity index (χ4v) is 6.69. The summed E-state index contributed by atoms with van der Waals surface area (Å²) in [5.74, 6) is 0. The van der Waals surface area contributed by atoms with Crippen LogP contribution in [0.1, 0.15) is 0 Å². The van der Waals surface area contributed by atoms with Crippen molar-refractivity contribution >= 4 is 53.8 Å². The van der Waals surface area contributed by atoms with E-state index in [9.17, 15) is 0 Å². The van der Waals surface area contributed by atoms with Crippen molar-refractivity contribution in [3.63, 3.8) is 0 Å². The minimum absolute atomic E-state index is 0.928. The molecule has 0 aliphatic heterocycles. The Balaban J connectivity index is 1.51. The topological polar surface area (TPSA) is 18.1 Å². The second-order valence-corrected chi connectivity index (χ2v) is 14.3. The van der Waals surface area contributed by atoms with Gasteiger partial charge in [-0.3, -0.25) is 0 Å². The van der Waals surface area contributed by atoms with E-state index in [0.29, 0.717) is 0 Å². The molecule has 0 unspecified atom stereocenters. The van der Waals surface area contributed by atoms with Crippen molar-refractivity contribution in [2.75, 3.05) is 18.8 Å². The molecule has 0 atom stereocenters. The first-order valence-electron chi connectivity index (χ1n) is 12.2. The van der Waals surface area contributed by atoms with Gasteiger partial charge in [-0.15, -0.1) is 0 Å². The van der Waals surface area contributed by atoms with Gasteiger partial charge in [0.05, 0.1) is 11.0 Å². The van der Waals surface area contributed by atoms with Crippen molar-refractivity contribution in [3.8, 4) is 16.8 Å². The summed E-state index contributed by atoms with van der Waals surface area (Å²) >= 11 is 0. The third kappa shape index (κ3) is 3.13. The first-order valence-corrected chi connectivity index (χ1v) is 15.1. The number of hydrogen-bond donors (Lipinski definition) is 0. The molecule has 7 aromatic rings. The van der Waals surface area contributed by atoms with Crippen molar-refractivity contribution < 1.29 is 4.42 Å². The van der Waals surface area contributed by atoms with Crippen LogP contribution in [-0.2, 0) is 0 Å². The highest BCUT2D eigenvalue weighted by Gasteiger charge is 2.20. The summed E-state index contributed by atoms with van der Waals surface area (Å²) in [6, 6.07) is 39.2. The second kappa shape index (κ2) is 7.78. The van der Waals surface area contributed by atoms with E-state index in [-0.39, 0.29) is 0 Å². The van der Waals surface area contributed by atoms with Crippen LogP contribution in [0.3, 0.4) is 0 Å². The average Bonchev–Trinajstić information content (AvgIpc) is 3.44. The number of furan rings is 1. The largest absolute Gasteiger partial charge is 0.454 e. The maximum Gasteiger partial charge on any atom is 0.147 e. The van der Waals surface area contributed by atoms with E-state index in [4.69, 9.17) is 4.42 Å². The monoisotopic (exact) mass is 485 g/mol. The predicted molar refractivity (Wildman–Crippen MR) is 157 cm³/mol. The van der Waals surface area contributed by atoms with Gasteiger partial charge in [-0.05, 0) is 60.7 Å². The molecule has 0 aliphatic rings. The van der Waals surface area contributed by atoms with Crippen LogP contribution in [0, 0.1) is 0 Å². The lowest BCUT2D eigenvalue weighted by Gasteiger charge is -2.25. The SMILES string of the molecule is CS(C)(C)c1cccc2c1oc1c(-c3ccc4c(c3)c3ccccc3n4-c3ccccc3)cccc12. The maximum atomic E-state index is 6.69. The standard InChI is InChI=1S/C33H27NOS/c1-36(2,3)31-18-10-16-27-26-15-9-14-24(32(26)35-33(27)31)22-19-20-30-28(21-22)25-13-7-8-17-29(25)34(30)23-11-5-4-6-12-23/h4-21H,1-3H3. The van der Waals surface area contributed by atoms with E-state index < -0.39 is 10.0 Å². The van der Waals surface area contributed by atoms with Crippen molar-refractivity contribution in [1.29, 1.82) is 0 Å². The lowest BCUT2D eigenvalue weighted by molar-refractivity contribution is 0.661. The zero-order valence-electron chi connectivity index (χ0n) is 20.7. The minimum Gasteiger partial charge on any atom is -0.454 e. The van der Waals surface area contributed by atoms with Crippen LogP contribution in [0.2, 0.25) is 0 Å². The molecule has 36 heavy (non-hydrogen) atoms. The smallest absolute Gasteiger partial charge is 0.147 e. The second-order valence-electron chi connectivity index (χ2n) is 10.2. The first kappa shape index (κ1) is 21.3. The van der Waals surface area contributed by atoms with Gasteiger partial charge in [0.2, 0.25) is 0 Å². The molecule has 0 bridgehead atoms. The van der Waals surface area contributed by atoms with Crippen LogP contribution >= 0.6 is 10.0 Å². The molecular weight excluding hydrogens is 458 g/mol. The van der Waals surface area contributed by atoms with Gasteiger partial charge in [-0.25, -0.2) is 10.0 Å². The van der Waals surface area contributed by atoms with Gasteiger partial charge < -0.3 is 8.98 Å². The quantitative estimate of drug-likeness (QED) is 0.244. The summed E-state index contributed by atoms with van der Waals surface area (Å²) in [5.41, 5.74) is 7.91. The zero-order valence-corrected chi connectivity index (χ0v) is 21.5. The molecule has 2 nitrogen and oxygen atoms in total. The Morgan fingerprint density at radius 2 is 1.22 bits per heavy atom. The fraction of sp³-hybridized carbons (Fsp3) is 0.0909. The summed E-state index contributed by atoms with van der Waals surface area (Å²) in [5, 5.41) is 4.89. The number of aromatic nitrogens is 1. The van der Waals surface area contributed by atoms with Gasteiger partial charge in [0.25, 0.3) is 0 Å². The first-order chi connectivity index (χ1) is 17.5. The molecule has 0 radical (unpaired) electrons. The molecule has 0 saturated carbocycles. The third-order valence-corrected chi connectivity index (χ3v) is 8.79. The summed E-state index contributed by atoms with van der Waals surface area (Å²) < 4.78 is 9.04. The van der Waals surface area contributed by atoms with Crippen molar-refractivity contribution in [2.24, 2.45) is 0 Å². The van der Waals surface area contributed by atoms with Crippen molar-refractivity contribution in [1.82, 2.24) is 4.57 Å². The lowest BCUT2D eigenvalue weighted by Crippen LogP contribution is -1.92. The highest BCUT2D eigenvalue weighted by molar-refractivity contribution is 8.32. The zero-order chi connectivity index (χ0) is 24.4. The molecule has 2 heterocycles. The molecule has 176 valence electrons. The summed E-state index contributed by atoms with van der Waals surface area (Å²) in [7, 11) is -0.928. The van der Waals surface area contributed by atoms with Crippen molar-refractivity contribution in [3.05, 3.63) is 109 Å². The summed E-state index contributed by atoms with van der Waals surface area (Å²) in [6.45, 7) is 0. The Kier molecular flexibility index (Phi) is 4.61. The molecule has 5 aromatic carbocycles. The number of nitrogens with zero attached hydrogens (tertiary/aromatic N) is 1. The van der Waals surface area contributed by atoms with E-state index in [1.54, 1.807) is 0 Å². The van der Waals surface area contributed by atoms with E-state index in [2.05, 4.69) is 133 Å². The van der Waals surface area contributed by atoms with Gasteiger partial charge in [0.15, 0.2) is 0 Å². The van der Waals surface area contributed by atoms with Gasteiger partial charge >= 0.3 is 0 Å². The Bertz CT molecular complexity index is 1920. The number of fused-ring (bicyclic) bond motifs is 6. The van der Waals surface area contributed by atoms with Gasteiger partial charge in [-0.1, -0.05) is 72.8 Å². The third-order valence-electron chi connectivity index (χ3n) is 7.15. The molecule has 0 saturated heterocycles. The van der Waals surface area contributed by atoms with Crippen molar-refractivity contribution in [2.45, 2.75) is 4.90 Å². The highest BCUT2D eigenvalue weighted by Crippen LogP contribution is 2.50. The van der Waals surface area contributed by atoms with E-state index in [1.807, 2.05) is 0 Å². The predicted octanol–water partition coefficient (Wildman–Crippen LogP) is 9.40. The molecule has 0 spiro atoms. The molecule has 3 heteroatoms. The molecule has 0 fully saturated rings. The van der Waals surface area contributed by atoms with Gasteiger partial charge in [-0.2, -0.15) is 0 Å². The normalized spacial score (nSPS) is 12.8. The Morgan fingerprint density at radius 3 is 2.03 bits per heavy atom. The average molecular weight is 486 g/mol. The Hall–Kier alpha value is -3.95. The van der Waals surface area contributed by atoms with Crippen LogP contribution in [0.25, 0.3) is 60.6 Å². The number of rotatable bonds is 3. The van der Waals surface area contributed by atoms with Crippen LogP contribution in [-0.4, -0.2) is 23.3 Å². The fourth-order valence-electron chi connectivity index (χ4n) is 5.50. The minimum atomic E-state index is -0.928. The lowest BCUT2D eigenvalue weighted by atomic mass is 10.0. The number of para-hydroxylation sites is 4. The van der Waals surface area contributed by atoms with E-state index in [0.717, 1.165) is 16.7 Å². The Labute approximate surface area is 212 Å². The van der Waals surface area contributed by atoms with Gasteiger partial charge in [0.1, 0.15) is 11.2 Å². The molecule has 0 amide bonds. The molecule has 7 rings (SSSR count). The van der Waals surface area contributed by atoms with Crippen LogP contribution in [0.4, 0.5) is 0 Å². The summed E-state index contributed by atoms with van der Waals surface area (Å²) in [4.78, 5) is 1.32. The molecule has 0 aliphatic carbocycles. The Morgan fingerprint density at radius 1 is 0.556 bits per heavy atom. The molecular formula is C33H27NOS. The van der Waals surface area contributed by atoms with Crippen LogP contribution in [0.15, 0.2) is 119 Å². The van der Waals surface area contributed by atoms with Crippen LogP contribution in [0.5, 0.6) is 0 Å². The van der Waals surface area contributed by atoms with Crippen LogP contribution < -0.4 is 0 Å². The number of benzene rings is 5. The molecule has 2 aromatic heterocycles. The highest BCUT2D eigenvalue weighted by atomic mass is 32.3. The number of hydrogen-bond acceptors (Lipinski definition) is 1. The van der Waals surface area contributed by atoms with E-state index in [1.165, 1.54) is 48.7 Å². The van der Waals surface area contributed by atoms with Gasteiger partial charge in [0, 0.05) is 37.7 Å². The summed E-state index contributed by atoms with van der Waals surface area (Å²) in [6.07, 6.45) is 6.98. The maximum absolute atomic E-state index is 6.69. The molecule has 0 N–H and O–H groups in total. The van der Waals surface area contributed by atoms with E-state index >= 15 is 0 Å².